The van der Waals surface area contributed by atoms with E-state index in [0.29, 0.717) is 5.92 Å². The maximum absolute atomic E-state index is 12.4. The summed E-state index contributed by atoms with van der Waals surface area (Å²) in [5, 5.41) is 8.88. The Labute approximate surface area is 101 Å². The molecule has 5 heteroatoms. The van der Waals surface area contributed by atoms with Gasteiger partial charge in [0.15, 0.2) is 0 Å². The van der Waals surface area contributed by atoms with Crippen molar-refractivity contribution in [3.05, 3.63) is 0 Å². The fourth-order valence-electron chi connectivity index (χ4n) is 2.71. The zero-order valence-corrected chi connectivity index (χ0v) is 10.3. The Morgan fingerprint density at radius 1 is 1.29 bits per heavy atom. The van der Waals surface area contributed by atoms with Crippen molar-refractivity contribution < 1.29 is 18.3 Å². The van der Waals surface area contributed by atoms with Gasteiger partial charge in [0, 0.05) is 12.6 Å². The molecular formula is C12H22F3NO. The van der Waals surface area contributed by atoms with Crippen LogP contribution in [0.2, 0.25) is 0 Å². The Bertz CT molecular complexity index is 220. The minimum atomic E-state index is -4.17. The maximum Gasteiger partial charge on any atom is 0.401 e. The Kier molecular flexibility index (Phi) is 5.73. The van der Waals surface area contributed by atoms with E-state index in [4.69, 9.17) is 5.11 Å². The Balaban J connectivity index is 2.56. The van der Waals surface area contributed by atoms with Gasteiger partial charge >= 0.3 is 6.18 Å². The lowest BCUT2D eigenvalue weighted by molar-refractivity contribution is -0.154. The molecule has 0 spiro atoms. The zero-order valence-electron chi connectivity index (χ0n) is 10.3. The van der Waals surface area contributed by atoms with Gasteiger partial charge in [-0.05, 0) is 18.8 Å². The molecule has 1 fully saturated rings. The second-order valence-corrected chi connectivity index (χ2v) is 4.90. The number of rotatable bonds is 5. The lowest BCUT2D eigenvalue weighted by atomic mass is 9.83. The normalized spacial score (nSPS) is 26.5. The molecule has 2 nitrogen and oxygen atoms in total. The van der Waals surface area contributed by atoms with Crippen LogP contribution in [-0.2, 0) is 0 Å². The monoisotopic (exact) mass is 253 g/mol. The van der Waals surface area contributed by atoms with Crippen molar-refractivity contribution in [1.29, 1.82) is 0 Å². The van der Waals surface area contributed by atoms with Crippen LogP contribution in [-0.4, -0.2) is 41.9 Å². The van der Waals surface area contributed by atoms with Crippen LogP contribution in [0.3, 0.4) is 0 Å². The lowest BCUT2D eigenvalue weighted by Gasteiger charge is -2.37. The number of aliphatic hydroxyl groups is 1. The average molecular weight is 253 g/mol. The Morgan fingerprint density at radius 2 is 2.00 bits per heavy atom. The highest BCUT2D eigenvalue weighted by Gasteiger charge is 2.35. The summed E-state index contributed by atoms with van der Waals surface area (Å²) in [6.45, 7) is 1.12. The molecule has 0 heterocycles. The number of alkyl halides is 3. The van der Waals surface area contributed by atoms with Crippen molar-refractivity contribution in [1.82, 2.24) is 4.90 Å². The molecule has 0 radical (unpaired) electrons. The molecule has 1 aliphatic carbocycles. The van der Waals surface area contributed by atoms with E-state index in [0.717, 1.165) is 32.1 Å². The van der Waals surface area contributed by atoms with Crippen LogP contribution in [0.5, 0.6) is 0 Å². The summed E-state index contributed by atoms with van der Waals surface area (Å²) in [5.41, 5.74) is 0. The maximum atomic E-state index is 12.4. The van der Waals surface area contributed by atoms with Gasteiger partial charge in [0.25, 0.3) is 0 Å². The zero-order chi connectivity index (χ0) is 12.9. The van der Waals surface area contributed by atoms with Crippen molar-refractivity contribution >= 4 is 0 Å². The molecule has 1 aliphatic rings. The molecule has 0 aromatic rings. The molecule has 0 aliphatic heterocycles. The Morgan fingerprint density at radius 3 is 2.53 bits per heavy atom. The summed E-state index contributed by atoms with van der Waals surface area (Å²) in [6, 6.07) is -0.0116. The van der Waals surface area contributed by atoms with Gasteiger partial charge in [-0.1, -0.05) is 26.2 Å². The fourth-order valence-corrected chi connectivity index (χ4v) is 2.71. The fraction of sp³-hybridized carbons (Fsp3) is 1.00. The van der Waals surface area contributed by atoms with Crippen LogP contribution in [0, 0.1) is 5.92 Å². The summed E-state index contributed by atoms with van der Waals surface area (Å²) in [4.78, 5) is 1.40. The van der Waals surface area contributed by atoms with Gasteiger partial charge in [0.1, 0.15) is 0 Å². The second kappa shape index (κ2) is 6.59. The molecule has 0 bridgehead atoms. The summed E-state index contributed by atoms with van der Waals surface area (Å²) in [5.74, 6) is 0.545. The third kappa shape index (κ3) is 5.25. The van der Waals surface area contributed by atoms with Crippen molar-refractivity contribution in [3.8, 4) is 0 Å². The minimum absolute atomic E-state index is 0.0116. The number of hydrogen-bond donors (Lipinski definition) is 1. The predicted octanol–water partition coefficient (Wildman–Crippen LogP) is 2.81. The van der Waals surface area contributed by atoms with E-state index in [1.165, 1.54) is 4.90 Å². The number of hydrogen-bond acceptors (Lipinski definition) is 2. The first-order chi connectivity index (χ1) is 7.96. The average Bonchev–Trinajstić information content (AvgIpc) is 2.27. The molecule has 102 valence electrons. The molecule has 0 saturated heterocycles. The lowest BCUT2D eigenvalue weighted by Crippen LogP contribution is -2.45. The largest absolute Gasteiger partial charge is 0.401 e. The van der Waals surface area contributed by atoms with Crippen LogP contribution in [0.15, 0.2) is 0 Å². The molecule has 17 heavy (non-hydrogen) atoms. The quantitative estimate of drug-likeness (QED) is 0.814. The summed E-state index contributed by atoms with van der Waals surface area (Å²) < 4.78 is 37.3. The summed E-state index contributed by atoms with van der Waals surface area (Å²) >= 11 is 0. The van der Waals surface area contributed by atoms with Gasteiger partial charge in [0.2, 0.25) is 0 Å². The number of halogens is 3. The van der Waals surface area contributed by atoms with E-state index in [2.05, 4.69) is 6.92 Å². The summed E-state index contributed by atoms with van der Waals surface area (Å²) in [7, 11) is 0. The molecule has 1 N–H and O–H groups in total. The SMILES string of the molecule is CCC1CCCC(N(CCO)CC(F)(F)F)C1. The molecule has 1 rings (SSSR count). The van der Waals surface area contributed by atoms with Crippen molar-refractivity contribution in [2.45, 2.75) is 51.2 Å². The first-order valence-corrected chi connectivity index (χ1v) is 6.38. The van der Waals surface area contributed by atoms with Crippen molar-refractivity contribution in [2.75, 3.05) is 19.7 Å². The third-order valence-electron chi connectivity index (χ3n) is 3.62. The highest BCUT2D eigenvalue weighted by atomic mass is 19.4. The van der Waals surface area contributed by atoms with E-state index < -0.39 is 12.7 Å². The first kappa shape index (κ1) is 14.8. The topological polar surface area (TPSA) is 23.5 Å². The minimum Gasteiger partial charge on any atom is -0.395 e. The van der Waals surface area contributed by atoms with Gasteiger partial charge in [-0.15, -0.1) is 0 Å². The van der Waals surface area contributed by atoms with Crippen LogP contribution in [0.4, 0.5) is 13.2 Å². The van der Waals surface area contributed by atoms with Crippen LogP contribution >= 0.6 is 0 Å². The van der Waals surface area contributed by atoms with Gasteiger partial charge in [-0.3, -0.25) is 4.90 Å². The molecule has 2 unspecified atom stereocenters. The molecule has 2 atom stereocenters. The van der Waals surface area contributed by atoms with Crippen LogP contribution in [0.1, 0.15) is 39.0 Å². The summed E-state index contributed by atoms with van der Waals surface area (Å²) in [6.07, 6.45) is 0.665. The van der Waals surface area contributed by atoms with E-state index in [1.54, 1.807) is 0 Å². The molecule has 0 aromatic carbocycles. The molecule has 0 amide bonds. The first-order valence-electron chi connectivity index (χ1n) is 6.38. The van der Waals surface area contributed by atoms with Crippen molar-refractivity contribution in [3.63, 3.8) is 0 Å². The number of nitrogens with zero attached hydrogens (tertiary/aromatic N) is 1. The smallest absolute Gasteiger partial charge is 0.395 e. The third-order valence-corrected chi connectivity index (χ3v) is 3.62. The highest BCUT2D eigenvalue weighted by Crippen LogP contribution is 2.31. The van der Waals surface area contributed by atoms with Gasteiger partial charge in [-0.25, -0.2) is 0 Å². The van der Waals surface area contributed by atoms with E-state index >= 15 is 0 Å². The standard InChI is InChI=1S/C12H22F3NO/c1-2-10-4-3-5-11(8-10)16(6-7-17)9-12(13,14)15/h10-11,17H,2-9H2,1H3. The molecular weight excluding hydrogens is 231 g/mol. The van der Waals surface area contributed by atoms with E-state index in [-0.39, 0.29) is 19.2 Å². The van der Waals surface area contributed by atoms with Gasteiger partial charge in [0.05, 0.1) is 13.2 Å². The molecule has 1 saturated carbocycles. The van der Waals surface area contributed by atoms with Gasteiger partial charge in [-0.2, -0.15) is 13.2 Å². The van der Waals surface area contributed by atoms with Gasteiger partial charge < -0.3 is 5.11 Å². The Hall–Kier alpha value is -0.290. The van der Waals surface area contributed by atoms with Crippen LogP contribution < -0.4 is 0 Å². The predicted molar refractivity (Wildman–Crippen MR) is 60.8 cm³/mol. The van der Waals surface area contributed by atoms with Crippen molar-refractivity contribution in [2.24, 2.45) is 5.92 Å². The highest BCUT2D eigenvalue weighted by molar-refractivity contribution is 4.81. The molecule has 0 aromatic heterocycles. The second-order valence-electron chi connectivity index (χ2n) is 4.90. The van der Waals surface area contributed by atoms with Crippen LogP contribution in [0.25, 0.3) is 0 Å². The number of aliphatic hydroxyl groups excluding tert-OH is 1. The van der Waals surface area contributed by atoms with E-state index in [1.807, 2.05) is 0 Å². The van der Waals surface area contributed by atoms with E-state index in [9.17, 15) is 13.2 Å².